The summed E-state index contributed by atoms with van der Waals surface area (Å²) in [5.41, 5.74) is 3.34. The van der Waals surface area contributed by atoms with Crippen LogP contribution < -0.4 is 14.2 Å². The molecule has 3 aromatic rings. The standard InChI is InChI=1S/C24H26N2O4/c1-16(23(27)19-13-21(28-4)24-22(14-19)29-15-30-24)11-17-5-6-20-18(12-17)7-8-26(20)10-9-25(2)3/h5-8,11-14H,9-10,15H2,1-4H3. The number of hydrogen-bond donors (Lipinski definition) is 0. The monoisotopic (exact) mass is 406 g/mol. The molecule has 0 N–H and O–H groups in total. The molecule has 0 fully saturated rings. The Morgan fingerprint density at radius 1 is 1.20 bits per heavy atom. The molecule has 1 aliphatic rings. The SMILES string of the molecule is COc1cc(C(=O)C(C)=Cc2ccc3c(ccn3CCN(C)C)c2)cc2c1OCO2. The van der Waals surface area contributed by atoms with E-state index in [9.17, 15) is 4.79 Å². The maximum Gasteiger partial charge on any atom is 0.231 e. The van der Waals surface area contributed by atoms with Crippen LogP contribution in [0.1, 0.15) is 22.8 Å². The molecule has 0 radical (unpaired) electrons. The number of fused-ring (bicyclic) bond motifs is 2. The highest BCUT2D eigenvalue weighted by atomic mass is 16.7. The molecule has 0 amide bonds. The van der Waals surface area contributed by atoms with Gasteiger partial charge in [-0.15, -0.1) is 0 Å². The van der Waals surface area contributed by atoms with Crippen LogP contribution in [-0.4, -0.2) is 49.8 Å². The van der Waals surface area contributed by atoms with Gasteiger partial charge in [0, 0.05) is 35.8 Å². The van der Waals surface area contributed by atoms with E-state index >= 15 is 0 Å². The molecule has 0 saturated heterocycles. The first-order chi connectivity index (χ1) is 14.5. The Labute approximate surface area is 176 Å². The average molecular weight is 406 g/mol. The second kappa shape index (κ2) is 8.24. The van der Waals surface area contributed by atoms with E-state index in [1.165, 1.54) is 5.52 Å². The fourth-order valence-corrected chi connectivity index (χ4v) is 3.62. The molecule has 0 aliphatic carbocycles. The van der Waals surface area contributed by atoms with Crippen LogP contribution in [0.3, 0.4) is 0 Å². The van der Waals surface area contributed by atoms with Crippen molar-refractivity contribution in [3.05, 3.63) is 59.3 Å². The van der Waals surface area contributed by atoms with Gasteiger partial charge in [0.25, 0.3) is 0 Å². The van der Waals surface area contributed by atoms with Gasteiger partial charge >= 0.3 is 0 Å². The van der Waals surface area contributed by atoms with Crippen molar-refractivity contribution in [1.82, 2.24) is 9.47 Å². The summed E-state index contributed by atoms with van der Waals surface area (Å²) in [4.78, 5) is 15.2. The number of aromatic nitrogens is 1. The number of Topliss-reactive ketones (excluding diaryl/α,β-unsaturated/α-hetero) is 1. The van der Waals surface area contributed by atoms with Crippen LogP contribution in [0.4, 0.5) is 0 Å². The Balaban J connectivity index is 1.59. The molecule has 0 spiro atoms. The number of ketones is 1. The van der Waals surface area contributed by atoms with Gasteiger partial charge in [-0.2, -0.15) is 0 Å². The van der Waals surface area contributed by atoms with Crippen LogP contribution in [0.25, 0.3) is 17.0 Å². The summed E-state index contributed by atoms with van der Waals surface area (Å²) in [7, 11) is 5.70. The van der Waals surface area contributed by atoms with Gasteiger partial charge in [-0.05, 0) is 68.6 Å². The number of methoxy groups -OCH3 is 1. The smallest absolute Gasteiger partial charge is 0.231 e. The quantitative estimate of drug-likeness (QED) is 0.434. The maximum atomic E-state index is 13.0. The van der Waals surface area contributed by atoms with Crippen molar-refractivity contribution in [2.75, 3.05) is 34.5 Å². The van der Waals surface area contributed by atoms with Gasteiger partial charge in [-0.25, -0.2) is 0 Å². The zero-order valence-corrected chi connectivity index (χ0v) is 17.8. The minimum Gasteiger partial charge on any atom is -0.493 e. The highest BCUT2D eigenvalue weighted by Gasteiger charge is 2.22. The molecule has 4 rings (SSSR count). The predicted molar refractivity (Wildman–Crippen MR) is 118 cm³/mol. The van der Waals surface area contributed by atoms with Crippen molar-refractivity contribution < 1.29 is 19.0 Å². The lowest BCUT2D eigenvalue weighted by Crippen LogP contribution is -2.17. The zero-order valence-electron chi connectivity index (χ0n) is 17.8. The summed E-state index contributed by atoms with van der Waals surface area (Å²) in [6, 6.07) is 11.8. The summed E-state index contributed by atoms with van der Waals surface area (Å²) in [5.74, 6) is 1.50. The molecule has 30 heavy (non-hydrogen) atoms. The Morgan fingerprint density at radius 3 is 2.80 bits per heavy atom. The molecular weight excluding hydrogens is 380 g/mol. The Kier molecular flexibility index (Phi) is 5.50. The lowest BCUT2D eigenvalue weighted by atomic mass is 10.0. The first-order valence-corrected chi connectivity index (χ1v) is 9.90. The highest BCUT2D eigenvalue weighted by molar-refractivity contribution is 6.11. The summed E-state index contributed by atoms with van der Waals surface area (Å²) in [6.45, 7) is 3.88. The van der Waals surface area contributed by atoms with E-state index in [1.807, 2.05) is 19.1 Å². The molecule has 1 aliphatic heterocycles. The lowest BCUT2D eigenvalue weighted by molar-refractivity contribution is 0.103. The van der Waals surface area contributed by atoms with E-state index in [2.05, 4.69) is 48.0 Å². The number of nitrogens with zero attached hydrogens (tertiary/aromatic N) is 2. The topological polar surface area (TPSA) is 52.9 Å². The second-order valence-electron chi connectivity index (χ2n) is 7.70. The first-order valence-electron chi connectivity index (χ1n) is 9.90. The second-order valence-corrected chi connectivity index (χ2v) is 7.70. The Morgan fingerprint density at radius 2 is 2.03 bits per heavy atom. The van der Waals surface area contributed by atoms with Gasteiger partial charge in [0.15, 0.2) is 17.3 Å². The third-order valence-electron chi connectivity index (χ3n) is 5.25. The van der Waals surface area contributed by atoms with E-state index in [1.54, 1.807) is 19.2 Å². The van der Waals surface area contributed by atoms with Crippen LogP contribution >= 0.6 is 0 Å². The average Bonchev–Trinajstić information content (AvgIpc) is 3.37. The number of ether oxygens (including phenoxy) is 3. The highest BCUT2D eigenvalue weighted by Crippen LogP contribution is 2.42. The molecule has 2 aromatic carbocycles. The molecule has 0 atom stereocenters. The number of allylic oxidation sites excluding steroid dienone is 1. The minimum atomic E-state index is -0.0738. The van der Waals surface area contributed by atoms with Gasteiger partial charge in [0.2, 0.25) is 12.5 Å². The van der Waals surface area contributed by atoms with Crippen LogP contribution in [0, 0.1) is 0 Å². The van der Waals surface area contributed by atoms with Gasteiger partial charge in [0.05, 0.1) is 7.11 Å². The number of carbonyl (C=O) groups excluding carboxylic acids is 1. The van der Waals surface area contributed by atoms with Crippen molar-refractivity contribution in [3.63, 3.8) is 0 Å². The van der Waals surface area contributed by atoms with Gasteiger partial charge in [-0.3, -0.25) is 4.79 Å². The van der Waals surface area contributed by atoms with E-state index in [4.69, 9.17) is 14.2 Å². The van der Waals surface area contributed by atoms with Gasteiger partial charge < -0.3 is 23.7 Å². The molecule has 0 unspecified atom stereocenters. The van der Waals surface area contributed by atoms with Crippen molar-refractivity contribution in [2.45, 2.75) is 13.5 Å². The third-order valence-corrected chi connectivity index (χ3v) is 5.25. The molecule has 0 saturated carbocycles. The van der Waals surface area contributed by atoms with Crippen molar-refractivity contribution in [1.29, 1.82) is 0 Å². The fourth-order valence-electron chi connectivity index (χ4n) is 3.62. The van der Waals surface area contributed by atoms with Crippen molar-refractivity contribution >= 4 is 22.8 Å². The summed E-state index contributed by atoms with van der Waals surface area (Å²) in [5, 5.41) is 1.16. The summed E-state index contributed by atoms with van der Waals surface area (Å²) < 4.78 is 18.4. The van der Waals surface area contributed by atoms with Crippen LogP contribution in [-0.2, 0) is 6.54 Å². The Bertz CT molecular complexity index is 1130. The number of hydrogen-bond acceptors (Lipinski definition) is 5. The number of rotatable bonds is 7. The summed E-state index contributed by atoms with van der Waals surface area (Å²) >= 11 is 0. The van der Waals surface area contributed by atoms with E-state index in [0.717, 1.165) is 24.0 Å². The molecular formula is C24H26N2O4. The Hall–Kier alpha value is -3.25. The van der Waals surface area contributed by atoms with Crippen molar-refractivity contribution in [2.24, 2.45) is 0 Å². The molecule has 2 heterocycles. The number of benzene rings is 2. The van der Waals surface area contributed by atoms with Crippen LogP contribution in [0.15, 0.2) is 48.2 Å². The molecule has 156 valence electrons. The summed E-state index contributed by atoms with van der Waals surface area (Å²) in [6.07, 6.45) is 4.02. The van der Waals surface area contributed by atoms with Crippen LogP contribution in [0.2, 0.25) is 0 Å². The third kappa shape index (κ3) is 3.91. The van der Waals surface area contributed by atoms with Gasteiger partial charge in [-0.1, -0.05) is 6.07 Å². The minimum absolute atomic E-state index is 0.0738. The number of likely N-dealkylation sites (N-methyl/N-ethyl adjacent to an activating group) is 1. The van der Waals surface area contributed by atoms with Crippen LogP contribution in [0.5, 0.6) is 17.2 Å². The van der Waals surface area contributed by atoms with Crippen molar-refractivity contribution in [3.8, 4) is 17.2 Å². The van der Waals surface area contributed by atoms with Gasteiger partial charge in [0.1, 0.15) is 0 Å². The molecule has 6 heteroatoms. The largest absolute Gasteiger partial charge is 0.493 e. The number of carbonyl (C=O) groups is 1. The normalized spacial score (nSPS) is 13.3. The maximum absolute atomic E-state index is 13.0. The molecule has 6 nitrogen and oxygen atoms in total. The predicted octanol–water partition coefficient (Wildman–Crippen LogP) is 4.23. The first kappa shape index (κ1) is 20.0. The van der Waals surface area contributed by atoms with E-state index in [0.29, 0.717) is 28.4 Å². The molecule has 1 aromatic heterocycles. The lowest BCUT2D eigenvalue weighted by Gasteiger charge is -2.11. The van der Waals surface area contributed by atoms with E-state index < -0.39 is 0 Å². The molecule has 0 bridgehead atoms. The fraction of sp³-hybridized carbons (Fsp3) is 0.292. The van der Waals surface area contributed by atoms with E-state index in [-0.39, 0.29) is 12.6 Å². The zero-order chi connectivity index (χ0) is 21.3.